The second-order valence-electron chi connectivity index (χ2n) is 12.7. The quantitative estimate of drug-likeness (QED) is 0.0509. The maximum Gasteiger partial charge on any atom is 0.253 e. The average Bonchev–Trinajstić information content (AvgIpc) is 3.14. The number of rotatable bonds is 22. The molecular weight excluding hydrogens is 1320 g/mol. The Morgan fingerprint density at radius 2 is 1.00 bits per heavy atom. The molecule has 322 valence electrons. The molecule has 3 amide bonds. The zero-order valence-electron chi connectivity index (χ0n) is 30.7. The molecule has 0 aromatic heterocycles. The van der Waals surface area contributed by atoms with E-state index in [1.807, 2.05) is 113 Å². The smallest absolute Gasteiger partial charge is 0.253 e. The number of hydrogen-bond donors (Lipinski definition) is 15. The van der Waals surface area contributed by atoms with E-state index in [0.717, 1.165) is 0 Å². The van der Waals surface area contributed by atoms with Crippen LogP contribution in [0.3, 0.4) is 0 Å². The van der Waals surface area contributed by atoms with Gasteiger partial charge in [-0.2, -0.15) is 0 Å². The van der Waals surface area contributed by atoms with E-state index < -0.39 is 80.6 Å². The molecule has 0 saturated carbocycles. The summed E-state index contributed by atoms with van der Waals surface area (Å²) >= 11 is 9.48. The first-order valence-electron chi connectivity index (χ1n) is 17.0. The van der Waals surface area contributed by atoms with Crippen LogP contribution in [0.25, 0.3) is 0 Å². The number of hydrogen-bond acceptors (Lipinski definition) is 16. The predicted molar refractivity (Wildman–Crippen MR) is 250 cm³/mol. The number of anilines is 2. The molecule has 2 aromatic carbocycles. The maximum atomic E-state index is 13.3. The van der Waals surface area contributed by atoms with Gasteiger partial charge in [-0.1, -0.05) is 0 Å². The Balaban J connectivity index is 2.55. The minimum Gasteiger partial charge on any atom is -0.394 e. The predicted octanol–water partition coefficient (Wildman–Crippen LogP) is -0.761. The Morgan fingerprint density at radius 1 is 0.579 bits per heavy atom. The van der Waals surface area contributed by atoms with Gasteiger partial charge in [0.05, 0.1) is 64.7 Å². The van der Waals surface area contributed by atoms with Gasteiger partial charge in [0.2, 0.25) is 11.8 Å². The highest BCUT2D eigenvalue weighted by molar-refractivity contribution is 14.1. The fourth-order valence-electron chi connectivity index (χ4n) is 5.41. The molecule has 0 aliphatic heterocycles. The third kappa shape index (κ3) is 14.8. The number of aliphatic hydroxyl groups is 10. The summed E-state index contributed by atoms with van der Waals surface area (Å²) in [6, 6.07) is 0. The number of halogens is 5. The second kappa shape index (κ2) is 25.2. The van der Waals surface area contributed by atoms with Gasteiger partial charge in [0.1, 0.15) is 18.7 Å². The van der Waals surface area contributed by atoms with Gasteiger partial charge in [-0.25, -0.2) is 0 Å². The van der Waals surface area contributed by atoms with Crippen LogP contribution in [0.15, 0.2) is 0 Å². The minimum absolute atomic E-state index is 0.0691. The van der Waals surface area contributed by atoms with E-state index in [2.05, 4.69) is 26.6 Å². The summed E-state index contributed by atoms with van der Waals surface area (Å²) in [6.45, 7) is 0.715. The Bertz CT molecular complexity index is 1730. The van der Waals surface area contributed by atoms with E-state index in [4.69, 9.17) is 0 Å². The molecule has 0 radical (unpaired) electrons. The molecule has 24 heteroatoms. The SMILES string of the molecule is CC(=O)Nc1c(I)c(C(=O)NCC(O)CO)c(I)c(C(O)NCC(O)CN(CC(O)CO)C(O)c2c(C)c(C(O)NCC(O)CO)c(I)c(NC(C)=O)c2I)c1I. The van der Waals surface area contributed by atoms with Gasteiger partial charge in [-0.05, 0) is 125 Å². The topological polar surface area (TPSA) is 317 Å². The van der Waals surface area contributed by atoms with Crippen molar-refractivity contribution in [1.29, 1.82) is 0 Å². The summed E-state index contributed by atoms with van der Waals surface area (Å²) in [5.74, 6) is -1.57. The molecular formula is C33H47I5N6O13. The second-order valence-corrected chi connectivity index (χ2v) is 18.1. The van der Waals surface area contributed by atoms with Gasteiger partial charge in [-0.3, -0.25) is 29.9 Å². The molecule has 0 bridgehead atoms. The maximum absolute atomic E-state index is 13.3. The number of carbonyl (C=O) groups is 3. The highest BCUT2D eigenvalue weighted by Gasteiger charge is 2.33. The van der Waals surface area contributed by atoms with E-state index >= 15 is 0 Å². The molecule has 7 unspecified atom stereocenters. The van der Waals surface area contributed by atoms with Crippen molar-refractivity contribution in [3.63, 3.8) is 0 Å². The van der Waals surface area contributed by atoms with Crippen LogP contribution in [-0.4, -0.2) is 151 Å². The van der Waals surface area contributed by atoms with E-state index in [1.54, 1.807) is 6.92 Å². The van der Waals surface area contributed by atoms with Crippen molar-refractivity contribution >= 4 is 142 Å². The Hall–Kier alpha value is -0.0200. The summed E-state index contributed by atoms with van der Waals surface area (Å²) < 4.78 is 1.76. The van der Waals surface area contributed by atoms with Crippen LogP contribution in [0, 0.1) is 24.8 Å². The molecule has 0 aliphatic rings. The number of nitrogens with one attached hydrogen (secondary N) is 5. The van der Waals surface area contributed by atoms with Gasteiger partial charge < -0.3 is 67.0 Å². The van der Waals surface area contributed by atoms with Crippen LogP contribution in [-0.2, 0) is 9.59 Å². The van der Waals surface area contributed by atoms with Crippen molar-refractivity contribution in [1.82, 2.24) is 20.9 Å². The minimum atomic E-state index is -1.63. The van der Waals surface area contributed by atoms with Crippen molar-refractivity contribution in [3.05, 3.63) is 45.7 Å². The van der Waals surface area contributed by atoms with Gasteiger partial charge in [0, 0.05) is 77.5 Å². The van der Waals surface area contributed by atoms with Crippen LogP contribution < -0.4 is 26.6 Å². The summed E-state index contributed by atoms with van der Waals surface area (Å²) in [5, 5.41) is 117. The van der Waals surface area contributed by atoms with Crippen LogP contribution in [0.4, 0.5) is 11.4 Å². The molecule has 19 nitrogen and oxygen atoms in total. The number of aliphatic hydroxyl groups excluding tert-OH is 10. The van der Waals surface area contributed by atoms with Gasteiger partial charge in [0.25, 0.3) is 5.91 Å². The fraction of sp³-hybridized carbons (Fsp3) is 0.545. The highest BCUT2D eigenvalue weighted by Crippen LogP contribution is 2.41. The third-order valence-electron chi connectivity index (χ3n) is 8.17. The summed E-state index contributed by atoms with van der Waals surface area (Å²) in [6.07, 6.45) is -9.80. The summed E-state index contributed by atoms with van der Waals surface area (Å²) in [7, 11) is 0. The molecule has 2 aromatic rings. The van der Waals surface area contributed by atoms with Crippen molar-refractivity contribution < 1.29 is 65.4 Å². The van der Waals surface area contributed by atoms with E-state index in [-0.39, 0.29) is 69.9 Å². The molecule has 15 N–H and O–H groups in total. The zero-order valence-corrected chi connectivity index (χ0v) is 41.5. The number of carbonyl (C=O) groups excluding carboxylic acids is 3. The summed E-state index contributed by atoms with van der Waals surface area (Å²) in [4.78, 5) is 38.9. The highest BCUT2D eigenvalue weighted by atomic mass is 127. The van der Waals surface area contributed by atoms with Gasteiger partial charge >= 0.3 is 0 Å². The Kier molecular flexibility index (Phi) is 23.5. The number of nitrogens with zero attached hydrogens (tertiary/aromatic N) is 1. The molecule has 0 spiro atoms. The lowest BCUT2D eigenvalue weighted by Gasteiger charge is -2.34. The number of benzene rings is 2. The molecule has 57 heavy (non-hydrogen) atoms. The lowest BCUT2D eigenvalue weighted by Crippen LogP contribution is -2.45. The molecule has 0 heterocycles. The first kappa shape index (κ1) is 53.1. The fourth-order valence-corrected chi connectivity index (χ4v) is 12.6. The van der Waals surface area contributed by atoms with Crippen LogP contribution in [0.2, 0.25) is 0 Å². The van der Waals surface area contributed by atoms with Gasteiger partial charge in [-0.15, -0.1) is 0 Å². The summed E-state index contributed by atoms with van der Waals surface area (Å²) in [5.41, 5.74) is 1.46. The Morgan fingerprint density at radius 3 is 1.51 bits per heavy atom. The normalized spacial score (nSPS) is 15.4. The molecule has 0 fully saturated rings. The van der Waals surface area contributed by atoms with Crippen molar-refractivity contribution in [3.8, 4) is 0 Å². The monoisotopic (exact) mass is 1370 g/mol. The van der Waals surface area contributed by atoms with Crippen LogP contribution >= 0.6 is 113 Å². The molecule has 0 saturated heterocycles. The van der Waals surface area contributed by atoms with Crippen LogP contribution in [0.5, 0.6) is 0 Å². The lowest BCUT2D eigenvalue weighted by atomic mass is 9.97. The van der Waals surface area contributed by atoms with Crippen LogP contribution in [0.1, 0.15) is 65.1 Å². The van der Waals surface area contributed by atoms with E-state index in [0.29, 0.717) is 19.8 Å². The Labute approximate surface area is 396 Å². The molecule has 7 atom stereocenters. The largest absolute Gasteiger partial charge is 0.394 e. The molecule has 2 rings (SSSR count). The zero-order chi connectivity index (χ0) is 43.5. The van der Waals surface area contributed by atoms with Gasteiger partial charge in [0.15, 0.2) is 0 Å². The average molecular weight is 1370 g/mol. The van der Waals surface area contributed by atoms with E-state index in [1.165, 1.54) is 18.7 Å². The van der Waals surface area contributed by atoms with Crippen molar-refractivity contribution in [2.45, 2.75) is 63.9 Å². The van der Waals surface area contributed by atoms with Crippen molar-refractivity contribution in [2.75, 3.05) is 63.2 Å². The van der Waals surface area contributed by atoms with E-state index in [9.17, 15) is 65.4 Å². The lowest BCUT2D eigenvalue weighted by molar-refractivity contribution is -0.115. The molecule has 0 aliphatic carbocycles. The first-order chi connectivity index (χ1) is 26.6. The third-order valence-corrected chi connectivity index (χ3v) is 13.7. The van der Waals surface area contributed by atoms with Crippen molar-refractivity contribution in [2.24, 2.45) is 0 Å². The number of amides is 3. The first-order valence-corrected chi connectivity index (χ1v) is 22.4. The standard InChI is InChI=1S/C33H47I5N6O13/c1-12-19(30(54)40-5-16(51)9-45)24(35)28(42-13(2)48)25(36)20(12)33(57)44(8-18(53)11-47)7-15(50)4-39-31(55)21-23(34)22(32(56)41-6-17(52)10-46)27(38)29(26(21)37)43-14(3)49/h15-18,30-31,33,39-40,45-47,50-55,57H,4-11H2,1-3H3,(H,41,56)(H,42,48)(H,43,49).